The van der Waals surface area contributed by atoms with Gasteiger partial charge in [-0.2, -0.15) is 0 Å². The van der Waals surface area contributed by atoms with Crippen LogP contribution in [-0.2, 0) is 0 Å². The molecule has 0 saturated heterocycles. The van der Waals surface area contributed by atoms with Crippen molar-refractivity contribution < 1.29 is 0 Å². The molecule has 2 nitrogen and oxygen atoms in total. The van der Waals surface area contributed by atoms with Crippen LogP contribution in [0.4, 0.5) is 5.69 Å². The van der Waals surface area contributed by atoms with E-state index in [2.05, 4.69) is 62.2 Å². The van der Waals surface area contributed by atoms with E-state index in [-0.39, 0.29) is 5.41 Å². The molecule has 1 aromatic carbocycles. The molecule has 1 atom stereocenters. The topological polar surface area (TPSA) is 24.1 Å². The summed E-state index contributed by atoms with van der Waals surface area (Å²) in [5, 5.41) is 6.93. The maximum absolute atomic E-state index is 4.02. The zero-order valence-corrected chi connectivity index (χ0v) is 10.3. The molecular weight excluding hydrogens is 196 g/mol. The van der Waals surface area contributed by atoms with Crippen molar-refractivity contribution in [2.24, 2.45) is 5.41 Å². The molecule has 0 saturated carbocycles. The van der Waals surface area contributed by atoms with Crippen molar-refractivity contribution in [3.05, 3.63) is 42.1 Å². The molecule has 1 aliphatic rings. The molecule has 16 heavy (non-hydrogen) atoms. The Balaban J connectivity index is 2.46. The number of benzene rings is 1. The summed E-state index contributed by atoms with van der Waals surface area (Å²) in [6.07, 6.45) is 0. The molecule has 0 amide bonds. The van der Waals surface area contributed by atoms with Crippen molar-refractivity contribution in [3.63, 3.8) is 0 Å². The first kappa shape index (κ1) is 11.2. The third-order valence-corrected chi connectivity index (χ3v) is 2.97. The van der Waals surface area contributed by atoms with E-state index in [1.807, 2.05) is 0 Å². The normalized spacial score (nSPS) is 20.9. The number of rotatable bonds is 0. The van der Waals surface area contributed by atoms with Crippen molar-refractivity contribution in [2.45, 2.75) is 26.8 Å². The average molecular weight is 216 g/mol. The molecule has 1 aliphatic heterocycles. The van der Waals surface area contributed by atoms with E-state index < -0.39 is 0 Å². The summed E-state index contributed by atoms with van der Waals surface area (Å²) in [6.45, 7) is 11.6. The predicted molar refractivity (Wildman–Crippen MR) is 69.4 cm³/mol. The lowest BCUT2D eigenvalue weighted by molar-refractivity contribution is 0.281. The minimum Gasteiger partial charge on any atom is -0.358 e. The predicted octanol–water partition coefficient (Wildman–Crippen LogP) is 3.30. The molecule has 0 radical (unpaired) electrons. The summed E-state index contributed by atoms with van der Waals surface area (Å²) in [4.78, 5) is 0. The summed E-state index contributed by atoms with van der Waals surface area (Å²) in [7, 11) is 0. The van der Waals surface area contributed by atoms with Gasteiger partial charge in [-0.05, 0) is 17.0 Å². The number of anilines is 1. The number of nitrogens with one attached hydrogen (secondary N) is 2. The van der Waals surface area contributed by atoms with Crippen LogP contribution < -0.4 is 10.6 Å². The fraction of sp³-hybridized carbons (Fsp3) is 0.429. The SMILES string of the molecule is C=C1CNC(C(C)(C)C)c2ccccc2N1. The van der Waals surface area contributed by atoms with E-state index in [4.69, 9.17) is 0 Å². The summed E-state index contributed by atoms with van der Waals surface area (Å²) < 4.78 is 0. The highest BCUT2D eigenvalue weighted by Crippen LogP contribution is 2.37. The molecular formula is C14H20N2. The van der Waals surface area contributed by atoms with Gasteiger partial charge in [0, 0.05) is 24.0 Å². The highest BCUT2D eigenvalue weighted by Gasteiger charge is 2.29. The van der Waals surface area contributed by atoms with E-state index in [0.29, 0.717) is 6.04 Å². The second-order valence-corrected chi connectivity index (χ2v) is 5.50. The maximum Gasteiger partial charge on any atom is 0.0430 e. The minimum absolute atomic E-state index is 0.197. The van der Waals surface area contributed by atoms with Crippen LogP contribution in [0.3, 0.4) is 0 Å². The van der Waals surface area contributed by atoms with Gasteiger partial charge in [-0.25, -0.2) is 0 Å². The fourth-order valence-electron chi connectivity index (χ4n) is 2.21. The van der Waals surface area contributed by atoms with Crippen molar-refractivity contribution in [1.82, 2.24) is 5.32 Å². The molecule has 2 N–H and O–H groups in total. The van der Waals surface area contributed by atoms with Gasteiger partial charge in [-0.3, -0.25) is 0 Å². The van der Waals surface area contributed by atoms with Gasteiger partial charge < -0.3 is 10.6 Å². The van der Waals surface area contributed by atoms with Crippen molar-refractivity contribution >= 4 is 5.69 Å². The van der Waals surface area contributed by atoms with Gasteiger partial charge in [0.1, 0.15) is 0 Å². The summed E-state index contributed by atoms with van der Waals surface area (Å²) >= 11 is 0. The van der Waals surface area contributed by atoms with Crippen molar-refractivity contribution in [3.8, 4) is 0 Å². The van der Waals surface area contributed by atoms with Crippen LogP contribution in [0.15, 0.2) is 36.5 Å². The Kier molecular flexibility index (Phi) is 2.76. The number of hydrogen-bond acceptors (Lipinski definition) is 2. The van der Waals surface area contributed by atoms with Crippen LogP contribution in [-0.4, -0.2) is 6.54 Å². The third kappa shape index (κ3) is 2.12. The van der Waals surface area contributed by atoms with E-state index in [1.54, 1.807) is 0 Å². The molecule has 0 fully saturated rings. The first-order valence-corrected chi connectivity index (χ1v) is 5.75. The molecule has 0 aromatic heterocycles. The van der Waals surface area contributed by atoms with Gasteiger partial charge in [0.25, 0.3) is 0 Å². The Labute approximate surface area is 97.8 Å². The minimum atomic E-state index is 0.197. The largest absolute Gasteiger partial charge is 0.358 e. The van der Waals surface area contributed by atoms with Crippen LogP contribution in [0.2, 0.25) is 0 Å². The van der Waals surface area contributed by atoms with Crippen LogP contribution in [0.1, 0.15) is 32.4 Å². The number of hydrogen-bond donors (Lipinski definition) is 2. The number of fused-ring (bicyclic) bond motifs is 1. The van der Waals surface area contributed by atoms with E-state index >= 15 is 0 Å². The first-order valence-electron chi connectivity index (χ1n) is 5.75. The van der Waals surface area contributed by atoms with E-state index in [1.165, 1.54) is 11.3 Å². The maximum atomic E-state index is 4.02. The quantitative estimate of drug-likeness (QED) is 0.695. The highest BCUT2D eigenvalue weighted by atomic mass is 15.0. The van der Waals surface area contributed by atoms with Gasteiger partial charge >= 0.3 is 0 Å². The standard InChI is InChI=1S/C14H20N2/c1-10-9-15-13(14(2,3)4)11-7-5-6-8-12(11)16-10/h5-8,13,15-16H,1,9H2,2-4H3. The lowest BCUT2D eigenvalue weighted by atomic mass is 9.82. The van der Waals surface area contributed by atoms with E-state index in [9.17, 15) is 0 Å². The molecule has 0 spiro atoms. The second kappa shape index (κ2) is 3.95. The second-order valence-electron chi connectivity index (χ2n) is 5.50. The van der Waals surface area contributed by atoms with Crippen LogP contribution in [0, 0.1) is 5.41 Å². The van der Waals surface area contributed by atoms with Crippen molar-refractivity contribution in [1.29, 1.82) is 0 Å². The summed E-state index contributed by atoms with van der Waals surface area (Å²) in [5.41, 5.74) is 3.73. The summed E-state index contributed by atoms with van der Waals surface area (Å²) in [6, 6.07) is 8.81. The monoisotopic (exact) mass is 216 g/mol. The summed E-state index contributed by atoms with van der Waals surface area (Å²) in [5.74, 6) is 0. The molecule has 1 heterocycles. The lowest BCUT2D eigenvalue weighted by Gasteiger charge is -2.31. The Morgan fingerprint density at radius 3 is 2.62 bits per heavy atom. The smallest absolute Gasteiger partial charge is 0.0430 e. The Bertz CT molecular complexity index is 401. The zero-order chi connectivity index (χ0) is 11.8. The molecule has 86 valence electrons. The first-order chi connectivity index (χ1) is 7.48. The highest BCUT2D eigenvalue weighted by molar-refractivity contribution is 5.57. The Morgan fingerprint density at radius 2 is 1.94 bits per heavy atom. The molecule has 2 rings (SSSR count). The Hall–Kier alpha value is -1.28. The number of para-hydroxylation sites is 1. The van der Waals surface area contributed by atoms with E-state index in [0.717, 1.165) is 12.2 Å². The molecule has 0 bridgehead atoms. The van der Waals surface area contributed by atoms with Crippen LogP contribution >= 0.6 is 0 Å². The third-order valence-electron chi connectivity index (χ3n) is 2.97. The average Bonchev–Trinajstić information content (AvgIpc) is 2.34. The van der Waals surface area contributed by atoms with Gasteiger partial charge in [0.05, 0.1) is 0 Å². The van der Waals surface area contributed by atoms with Crippen LogP contribution in [0.5, 0.6) is 0 Å². The molecule has 2 heteroatoms. The molecule has 1 unspecified atom stereocenters. The van der Waals surface area contributed by atoms with Gasteiger partial charge in [0.2, 0.25) is 0 Å². The zero-order valence-electron chi connectivity index (χ0n) is 10.3. The van der Waals surface area contributed by atoms with Crippen molar-refractivity contribution in [2.75, 3.05) is 11.9 Å². The molecule has 0 aliphatic carbocycles. The van der Waals surface area contributed by atoms with Gasteiger partial charge in [0.15, 0.2) is 0 Å². The van der Waals surface area contributed by atoms with Gasteiger partial charge in [-0.15, -0.1) is 0 Å². The van der Waals surface area contributed by atoms with Gasteiger partial charge in [-0.1, -0.05) is 45.5 Å². The lowest BCUT2D eigenvalue weighted by Crippen LogP contribution is -2.32. The molecule has 1 aromatic rings. The fourth-order valence-corrected chi connectivity index (χ4v) is 2.21. The Morgan fingerprint density at radius 1 is 1.25 bits per heavy atom. The van der Waals surface area contributed by atoms with Crippen LogP contribution in [0.25, 0.3) is 0 Å².